The monoisotopic (exact) mass is 262 g/mol. The summed E-state index contributed by atoms with van der Waals surface area (Å²) < 4.78 is 11.0. The first kappa shape index (κ1) is 12.8. The highest BCUT2D eigenvalue weighted by Crippen LogP contribution is 2.38. The van der Waals surface area contributed by atoms with E-state index >= 15 is 0 Å². The predicted molar refractivity (Wildman–Crippen MR) is 65.6 cm³/mol. The smallest absolute Gasteiger partial charge is 0.329 e. The van der Waals surface area contributed by atoms with Crippen LogP contribution in [0.1, 0.15) is 0 Å². The summed E-state index contributed by atoms with van der Waals surface area (Å²) in [6.45, 7) is 0. The molecule has 0 saturated heterocycles. The van der Waals surface area contributed by atoms with Crippen molar-refractivity contribution in [2.75, 3.05) is 18.5 Å². The van der Waals surface area contributed by atoms with Crippen LogP contribution in [-0.2, 0) is 0 Å². The average Bonchev–Trinajstić information content (AvgIpc) is 2.27. The van der Waals surface area contributed by atoms with Gasteiger partial charge in [-0.25, -0.2) is 9.10 Å². The Bertz CT molecular complexity index is 414. The molecular weight excluding hydrogens is 252 g/mol. The molecule has 0 aliphatic rings. The summed E-state index contributed by atoms with van der Waals surface area (Å²) in [6, 6.07) is 2.30. The van der Waals surface area contributed by atoms with Gasteiger partial charge < -0.3 is 15.2 Å². The molecule has 0 fully saturated rings. The molecule has 1 aromatic rings. The summed E-state index contributed by atoms with van der Waals surface area (Å²) in [5.74, 6) is 0.823. The van der Waals surface area contributed by atoms with Gasteiger partial charge in [-0.1, -0.05) is 24.4 Å². The van der Waals surface area contributed by atoms with E-state index in [1.54, 1.807) is 6.07 Å². The number of ether oxygens (including phenoxy) is 2. The Labute approximate surface area is 104 Å². The first-order chi connectivity index (χ1) is 7.51. The molecule has 1 aromatic carbocycles. The molecule has 0 unspecified atom stereocenters. The molecule has 0 aliphatic heterocycles. The summed E-state index contributed by atoms with van der Waals surface area (Å²) in [5.41, 5.74) is 5.44. The van der Waals surface area contributed by atoms with E-state index in [1.807, 2.05) is 0 Å². The maximum atomic E-state index is 11.0. The molecule has 0 spiro atoms. The minimum atomic E-state index is -0.733. The Kier molecular flexibility index (Phi) is 4.14. The van der Waals surface area contributed by atoms with Crippen LogP contribution in [0.2, 0.25) is 5.02 Å². The second-order valence-corrected chi connectivity index (χ2v) is 3.62. The number of nitrogens with two attached hydrogens (primary N) is 1. The van der Waals surface area contributed by atoms with E-state index in [4.69, 9.17) is 26.8 Å². The summed E-state index contributed by atoms with van der Waals surface area (Å²) >= 11 is 9.84. The molecule has 1 rings (SSSR count). The SMILES string of the molecule is COc1cc(OC)c(N(S)C(N)=O)cc1Cl. The Balaban J connectivity index is 3.28. The molecule has 0 radical (unpaired) electrons. The fourth-order valence-corrected chi connectivity index (χ4v) is 1.52. The number of hydrogen-bond donors (Lipinski definition) is 2. The van der Waals surface area contributed by atoms with Gasteiger partial charge in [-0.05, 0) is 6.07 Å². The van der Waals surface area contributed by atoms with Crippen LogP contribution >= 0.6 is 24.4 Å². The largest absolute Gasteiger partial charge is 0.495 e. The molecule has 0 heterocycles. The Hall–Kier alpha value is -1.27. The van der Waals surface area contributed by atoms with Crippen molar-refractivity contribution in [3.8, 4) is 11.5 Å². The lowest BCUT2D eigenvalue weighted by Gasteiger charge is -2.17. The van der Waals surface area contributed by atoms with Crippen molar-refractivity contribution in [3.05, 3.63) is 17.2 Å². The van der Waals surface area contributed by atoms with E-state index in [-0.39, 0.29) is 0 Å². The quantitative estimate of drug-likeness (QED) is 0.820. The van der Waals surface area contributed by atoms with Crippen LogP contribution in [-0.4, -0.2) is 20.3 Å². The van der Waals surface area contributed by atoms with Gasteiger partial charge in [-0.2, -0.15) is 0 Å². The standard InChI is InChI=1S/C9H11ClN2O3S/c1-14-7-4-8(15-2)6(3-5(7)10)12(16)9(11)13/h3-4,16H,1-2H3,(H2,11,13). The van der Waals surface area contributed by atoms with Crippen LogP contribution in [0.3, 0.4) is 0 Å². The number of methoxy groups -OCH3 is 2. The lowest BCUT2D eigenvalue weighted by molar-refractivity contribution is 0.257. The first-order valence-electron chi connectivity index (χ1n) is 4.21. The number of amides is 2. The normalized spacial score (nSPS) is 9.75. The lowest BCUT2D eigenvalue weighted by atomic mass is 10.2. The van der Waals surface area contributed by atoms with Gasteiger partial charge in [0.15, 0.2) is 0 Å². The molecular formula is C9H11ClN2O3S. The number of carbonyl (C=O) groups excluding carboxylic acids is 1. The molecule has 16 heavy (non-hydrogen) atoms. The molecule has 0 aromatic heterocycles. The zero-order valence-corrected chi connectivity index (χ0v) is 10.4. The molecule has 0 aliphatic carbocycles. The summed E-state index contributed by atoms with van der Waals surface area (Å²) in [6.07, 6.45) is 0. The highest BCUT2D eigenvalue weighted by Gasteiger charge is 2.16. The van der Waals surface area contributed by atoms with Crippen molar-refractivity contribution in [2.24, 2.45) is 5.73 Å². The maximum Gasteiger partial charge on any atom is 0.329 e. The van der Waals surface area contributed by atoms with Crippen LogP contribution in [0.4, 0.5) is 10.5 Å². The van der Waals surface area contributed by atoms with Crippen molar-refractivity contribution >= 4 is 36.1 Å². The third kappa shape index (κ3) is 2.45. The molecule has 5 nitrogen and oxygen atoms in total. The third-order valence-electron chi connectivity index (χ3n) is 1.89. The van der Waals surface area contributed by atoms with Crippen molar-refractivity contribution in [1.82, 2.24) is 0 Å². The number of nitrogens with zero attached hydrogens (tertiary/aromatic N) is 1. The molecule has 2 N–H and O–H groups in total. The summed E-state index contributed by atoms with van der Waals surface area (Å²) in [5, 5.41) is 0.332. The van der Waals surface area contributed by atoms with Crippen molar-refractivity contribution < 1.29 is 14.3 Å². The highest BCUT2D eigenvalue weighted by molar-refractivity contribution is 7.82. The molecule has 2 amide bonds. The average molecular weight is 263 g/mol. The third-order valence-corrected chi connectivity index (χ3v) is 2.60. The lowest BCUT2D eigenvalue weighted by Crippen LogP contribution is -2.27. The van der Waals surface area contributed by atoms with Crippen molar-refractivity contribution in [1.29, 1.82) is 0 Å². The van der Waals surface area contributed by atoms with Crippen LogP contribution in [0.5, 0.6) is 11.5 Å². The van der Waals surface area contributed by atoms with E-state index in [0.29, 0.717) is 22.2 Å². The molecule has 0 saturated carbocycles. The van der Waals surface area contributed by atoms with E-state index in [2.05, 4.69) is 12.8 Å². The van der Waals surface area contributed by atoms with Gasteiger partial charge in [0, 0.05) is 6.07 Å². The van der Waals surface area contributed by atoms with E-state index in [0.717, 1.165) is 4.31 Å². The number of halogens is 1. The molecule has 0 atom stereocenters. The van der Waals surface area contributed by atoms with Gasteiger partial charge in [-0.15, -0.1) is 0 Å². The number of primary amides is 1. The number of hydrogen-bond acceptors (Lipinski definition) is 4. The van der Waals surface area contributed by atoms with E-state index in [1.165, 1.54) is 20.3 Å². The van der Waals surface area contributed by atoms with Crippen LogP contribution < -0.4 is 19.5 Å². The second kappa shape index (κ2) is 5.18. The van der Waals surface area contributed by atoms with Gasteiger partial charge in [0.2, 0.25) is 0 Å². The minimum absolute atomic E-state index is 0.332. The van der Waals surface area contributed by atoms with Gasteiger partial charge in [0.05, 0.1) is 19.2 Å². The Morgan fingerprint density at radius 3 is 2.38 bits per heavy atom. The zero-order chi connectivity index (χ0) is 12.3. The topological polar surface area (TPSA) is 64.8 Å². The molecule has 0 bridgehead atoms. The number of thiol groups is 1. The number of anilines is 1. The number of benzene rings is 1. The van der Waals surface area contributed by atoms with Crippen LogP contribution in [0.25, 0.3) is 0 Å². The number of carbonyl (C=O) groups is 1. The maximum absolute atomic E-state index is 11.0. The number of urea groups is 1. The van der Waals surface area contributed by atoms with E-state index < -0.39 is 6.03 Å². The number of rotatable bonds is 3. The fraction of sp³-hybridized carbons (Fsp3) is 0.222. The minimum Gasteiger partial charge on any atom is -0.495 e. The van der Waals surface area contributed by atoms with E-state index in [9.17, 15) is 4.79 Å². The van der Waals surface area contributed by atoms with Gasteiger partial charge in [-0.3, -0.25) is 0 Å². The Morgan fingerprint density at radius 1 is 1.38 bits per heavy atom. The second-order valence-electron chi connectivity index (χ2n) is 2.81. The van der Waals surface area contributed by atoms with Crippen molar-refractivity contribution in [3.63, 3.8) is 0 Å². The summed E-state index contributed by atoms with van der Waals surface area (Å²) in [4.78, 5) is 11.0. The van der Waals surface area contributed by atoms with Gasteiger partial charge in [0.1, 0.15) is 17.2 Å². The highest BCUT2D eigenvalue weighted by atomic mass is 35.5. The van der Waals surface area contributed by atoms with Gasteiger partial charge in [0.25, 0.3) is 0 Å². The first-order valence-corrected chi connectivity index (χ1v) is 4.99. The Morgan fingerprint density at radius 2 is 1.94 bits per heavy atom. The molecule has 88 valence electrons. The molecule has 7 heteroatoms. The van der Waals surface area contributed by atoms with Crippen LogP contribution in [0.15, 0.2) is 12.1 Å². The fourth-order valence-electron chi connectivity index (χ4n) is 1.13. The van der Waals surface area contributed by atoms with Crippen LogP contribution in [0, 0.1) is 0 Å². The summed E-state index contributed by atoms with van der Waals surface area (Å²) in [7, 11) is 2.93. The van der Waals surface area contributed by atoms with Gasteiger partial charge >= 0.3 is 6.03 Å². The zero-order valence-electron chi connectivity index (χ0n) is 8.73. The predicted octanol–water partition coefficient (Wildman–Crippen LogP) is 2.09. The van der Waals surface area contributed by atoms with Crippen molar-refractivity contribution in [2.45, 2.75) is 0 Å².